The average Bonchev–Trinajstić information content (AvgIpc) is 2.26. The molecule has 0 aliphatic heterocycles. The van der Waals surface area contributed by atoms with E-state index in [1.807, 2.05) is 18.2 Å². The molecule has 1 atom stereocenters. The fourth-order valence-corrected chi connectivity index (χ4v) is 1.68. The molecule has 1 aromatic rings. The van der Waals surface area contributed by atoms with Crippen LogP contribution in [0.1, 0.15) is 18.9 Å². The molecule has 16 heavy (non-hydrogen) atoms. The molecule has 0 saturated heterocycles. The van der Waals surface area contributed by atoms with Crippen molar-refractivity contribution in [3.63, 3.8) is 0 Å². The summed E-state index contributed by atoms with van der Waals surface area (Å²) in [6, 6.07) is 7.62. The van der Waals surface area contributed by atoms with Gasteiger partial charge in [-0.1, -0.05) is 34.7 Å². The molecule has 0 spiro atoms. The van der Waals surface area contributed by atoms with Crippen molar-refractivity contribution in [2.75, 3.05) is 4.43 Å². The van der Waals surface area contributed by atoms with Crippen LogP contribution in [-0.2, 0) is 11.2 Å². The first-order valence-corrected chi connectivity index (χ1v) is 6.70. The van der Waals surface area contributed by atoms with Gasteiger partial charge in [-0.25, -0.2) is 4.79 Å². The number of hydrogen-bond acceptors (Lipinski definition) is 2. The quantitative estimate of drug-likeness (QED) is 0.643. The van der Waals surface area contributed by atoms with E-state index in [2.05, 4.69) is 22.6 Å². The zero-order valence-electron chi connectivity index (χ0n) is 9.15. The molecule has 0 amide bonds. The minimum Gasteiger partial charge on any atom is -0.479 e. The number of carbonyl (C=O) groups is 1. The minimum absolute atomic E-state index is 0.626. The van der Waals surface area contributed by atoms with Crippen molar-refractivity contribution in [3.8, 4) is 5.75 Å². The summed E-state index contributed by atoms with van der Waals surface area (Å²) in [5.41, 5.74) is 1.19. The van der Waals surface area contributed by atoms with Gasteiger partial charge in [-0.2, -0.15) is 0 Å². The third kappa shape index (κ3) is 4.38. The number of carboxylic acids is 1. The third-order valence-electron chi connectivity index (χ3n) is 2.16. The summed E-state index contributed by atoms with van der Waals surface area (Å²) in [5, 5.41) is 8.73. The number of rotatable bonds is 6. The number of halogens is 1. The lowest BCUT2D eigenvalue weighted by atomic mass is 10.1. The van der Waals surface area contributed by atoms with Gasteiger partial charge in [0.25, 0.3) is 0 Å². The summed E-state index contributed by atoms with van der Waals surface area (Å²) in [7, 11) is 0. The molecule has 0 fully saturated rings. The molecular weight excluding hydrogens is 319 g/mol. The Kier molecular flexibility index (Phi) is 5.59. The van der Waals surface area contributed by atoms with Gasteiger partial charge < -0.3 is 9.84 Å². The summed E-state index contributed by atoms with van der Waals surface area (Å²) in [5.74, 6) is -0.321. The fourth-order valence-electron chi connectivity index (χ4n) is 1.30. The van der Waals surface area contributed by atoms with Gasteiger partial charge in [0.1, 0.15) is 5.75 Å². The Morgan fingerprint density at radius 1 is 1.56 bits per heavy atom. The summed E-state index contributed by atoms with van der Waals surface area (Å²) < 4.78 is 6.41. The molecule has 0 heterocycles. The molecule has 3 nitrogen and oxygen atoms in total. The van der Waals surface area contributed by atoms with E-state index in [4.69, 9.17) is 9.84 Å². The molecular formula is C12H15IO3. The van der Waals surface area contributed by atoms with Crippen LogP contribution in [0.4, 0.5) is 0 Å². The van der Waals surface area contributed by atoms with Gasteiger partial charge in [-0.05, 0) is 41.9 Å². The second-order valence-corrected chi connectivity index (χ2v) is 4.62. The van der Waals surface area contributed by atoms with Crippen molar-refractivity contribution in [2.24, 2.45) is 0 Å². The highest BCUT2D eigenvalue weighted by atomic mass is 127. The topological polar surface area (TPSA) is 46.5 Å². The van der Waals surface area contributed by atoms with Gasteiger partial charge in [0.05, 0.1) is 0 Å². The number of aliphatic carboxylic acids is 1. The van der Waals surface area contributed by atoms with Gasteiger partial charge in [-0.15, -0.1) is 0 Å². The monoisotopic (exact) mass is 334 g/mol. The molecule has 0 aliphatic rings. The number of benzene rings is 1. The zero-order valence-corrected chi connectivity index (χ0v) is 11.3. The molecule has 0 aromatic heterocycles. The van der Waals surface area contributed by atoms with Crippen molar-refractivity contribution in [1.29, 1.82) is 0 Å². The summed E-state index contributed by atoms with van der Waals surface area (Å²) in [4.78, 5) is 10.6. The lowest BCUT2D eigenvalue weighted by Crippen LogP contribution is -2.22. The second-order valence-electron chi connectivity index (χ2n) is 3.54. The van der Waals surface area contributed by atoms with Crippen molar-refractivity contribution in [1.82, 2.24) is 0 Å². The Morgan fingerprint density at radius 2 is 2.31 bits per heavy atom. The van der Waals surface area contributed by atoms with Crippen LogP contribution in [0.25, 0.3) is 0 Å². The largest absolute Gasteiger partial charge is 0.479 e. The smallest absolute Gasteiger partial charge is 0.344 e. The van der Waals surface area contributed by atoms with Crippen LogP contribution >= 0.6 is 22.6 Å². The number of hydrogen-bond donors (Lipinski definition) is 1. The first-order chi connectivity index (χ1) is 7.63. The molecule has 0 saturated carbocycles. The van der Waals surface area contributed by atoms with E-state index >= 15 is 0 Å². The van der Waals surface area contributed by atoms with E-state index in [-0.39, 0.29) is 0 Å². The highest BCUT2D eigenvalue weighted by molar-refractivity contribution is 14.1. The Balaban J connectivity index is 2.63. The summed E-state index contributed by atoms with van der Waals surface area (Å²) in [6.45, 7) is 1.53. The number of aryl methyl sites for hydroxylation is 1. The normalized spacial score (nSPS) is 12.1. The predicted molar refractivity (Wildman–Crippen MR) is 71.4 cm³/mol. The molecule has 0 aliphatic carbocycles. The molecule has 1 N–H and O–H groups in total. The Bertz CT molecular complexity index is 352. The standard InChI is InChI=1S/C12H15IO3/c1-9(12(14)15)16-11-6-2-4-10(8-11)5-3-7-13/h2,4,6,8-9H,3,5,7H2,1H3,(H,14,15)/t9-/m1/s1. The lowest BCUT2D eigenvalue weighted by molar-refractivity contribution is -0.144. The van der Waals surface area contributed by atoms with E-state index in [1.54, 1.807) is 6.07 Å². The SMILES string of the molecule is C[C@@H](Oc1cccc(CCCI)c1)C(=O)O. The predicted octanol–water partition coefficient (Wildman–Crippen LogP) is 2.91. The van der Waals surface area contributed by atoms with Crippen molar-refractivity contribution < 1.29 is 14.6 Å². The number of alkyl halides is 1. The maximum atomic E-state index is 10.6. The van der Waals surface area contributed by atoms with Crippen molar-refractivity contribution >= 4 is 28.6 Å². The minimum atomic E-state index is -0.947. The van der Waals surface area contributed by atoms with E-state index < -0.39 is 12.1 Å². The Labute approximate surface area is 109 Å². The van der Waals surface area contributed by atoms with Crippen molar-refractivity contribution in [2.45, 2.75) is 25.9 Å². The van der Waals surface area contributed by atoms with Crippen LogP contribution in [0.15, 0.2) is 24.3 Å². The number of ether oxygens (including phenoxy) is 1. The van der Waals surface area contributed by atoms with Crippen LogP contribution < -0.4 is 4.74 Å². The average molecular weight is 334 g/mol. The first kappa shape index (κ1) is 13.3. The fraction of sp³-hybridized carbons (Fsp3) is 0.417. The maximum Gasteiger partial charge on any atom is 0.344 e. The highest BCUT2D eigenvalue weighted by Gasteiger charge is 2.12. The van der Waals surface area contributed by atoms with Gasteiger partial charge in [0.2, 0.25) is 0 Å². The Morgan fingerprint density at radius 3 is 2.94 bits per heavy atom. The Hall–Kier alpha value is -0.780. The number of carboxylic acid groups (broad SMARTS) is 1. The van der Waals surface area contributed by atoms with E-state index in [0.717, 1.165) is 17.3 Å². The van der Waals surface area contributed by atoms with Crippen LogP contribution in [0.3, 0.4) is 0 Å². The van der Waals surface area contributed by atoms with Crippen molar-refractivity contribution in [3.05, 3.63) is 29.8 Å². The van der Waals surface area contributed by atoms with E-state index in [9.17, 15) is 4.79 Å². The molecule has 1 rings (SSSR count). The van der Waals surface area contributed by atoms with Gasteiger partial charge in [0, 0.05) is 0 Å². The van der Waals surface area contributed by atoms with Crippen LogP contribution in [0.2, 0.25) is 0 Å². The zero-order chi connectivity index (χ0) is 12.0. The van der Waals surface area contributed by atoms with Gasteiger partial charge in [0.15, 0.2) is 6.10 Å². The van der Waals surface area contributed by atoms with Gasteiger partial charge >= 0.3 is 5.97 Å². The van der Waals surface area contributed by atoms with Crippen LogP contribution in [0, 0.1) is 0 Å². The third-order valence-corrected chi connectivity index (χ3v) is 2.92. The molecule has 4 heteroatoms. The molecule has 1 aromatic carbocycles. The van der Waals surface area contributed by atoms with E-state index in [1.165, 1.54) is 12.5 Å². The van der Waals surface area contributed by atoms with Gasteiger partial charge in [-0.3, -0.25) is 0 Å². The molecule has 0 bridgehead atoms. The van der Waals surface area contributed by atoms with Crippen LogP contribution in [0.5, 0.6) is 5.75 Å². The van der Waals surface area contributed by atoms with Crippen LogP contribution in [-0.4, -0.2) is 21.6 Å². The van der Waals surface area contributed by atoms with E-state index in [0.29, 0.717) is 5.75 Å². The summed E-state index contributed by atoms with van der Waals surface area (Å²) in [6.07, 6.45) is 1.32. The maximum absolute atomic E-state index is 10.6. The lowest BCUT2D eigenvalue weighted by Gasteiger charge is -2.11. The highest BCUT2D eigenvalue weighted by Crippen LogP contribution is 2.16. The molecule has 0 unspecified atom stereocenters. The first-order valence-electron chi connectivity index (χ1n) is 5.18. The molecule has 0 radical (unpaired) electrons. The second kappa shape index (κ2) is 6.73. The summed E-state index contributed by atoms with van der Waals surface area (Å²) >= 11 is 2.34. The molecule has 88 valence electrons.